The van der Waals surface area contributed by atoms with E-state index in [0.717, 1.165) is 45.4 Å². The molecule has 0 radical (unpaired) electrons. The zero-order valence-electron chi connectivity index (χ0n) is 12.4. The van der Waals surface area contributed by atoms with Gasteiger partial charge < -0.3 is 20.1 Å². The van der Waals surface area contributed by atoms with Gasteiger partial charge in [0.15, 0.2) is 0 Å². The quantitative estimate of drug-likeness (QED) is 0.677. The van der Waals surface area contributed by atoms with Gasteiger partial charge in [0, 0.05) is 32.3 Å². The van der Waals surface area contributed by atoms with Gasteiger partial charge in [0.2, 0.25) is 5.91 Å². The second kappa shape index (κ2) is 7.93. The minimum Gasteiger partial charge on any atom is -0.382 e. The Hall–Kier alpha value is -0.690. The first-order valence-electron chi connectivity index (χ1n) is 7.54. The van der Waals surface area contributed by atoms with Crippen molar-refractivity contribution in [2.24, 2.45) is 5.73 Å². The number of rotatable bonds is 6. The normalized spacial score (nSPS) is 25.3. The second-order valence-electron chi connectivity index (χ2n) is 5.70. The molecule has 116 valence electrons. The van der Waals surface area contributed by atoms with Gasteiger partial charge in [-0.25, -0.2) is 0 Å². The molecule has 0 aromatic carbocycles. The average molecular weight is 285 g/mol. The molecular formula is C14H27N3O3. The van der Waals surface area contributed by atoms with Gasteiger partial charge in [-0.2, -0.15) is 0 Å². The Balaban J connectivity index is 1.67. The second-order valence-corrected chi connectivity index (χ2v) is 5.70. The van der Waals surface area contributed by atoms with E-state index in [2.05, 4.69) is 4.90 Å². The molecule has 0 aliphatic carbocycles. The highest BCUT2D eigenvalue weighted by Crippen LogP contribution is 2.20. The Labute approximate surface area is 121 Å². The lowest BCUT2D eigenvalue weighted by molar-refractivity contribution is -0.135. The lowest BCUT2D eigenvalue weighted by Gasteiger charge is -2.34. The van der Waals surface area contributed by atoms with Crippen molar-refractivity contribution in [3.63, 3.8) is 0 Å². The number of hydrogen-bond donors (Lipinski definition) is 1. The van der Waals surface area contributed by atoms with Gasteiger partial charge in [-0.3, -0.25) is 9.69 Å². The van der Waals surface area contributed by atoms with Crippen molar-refractivity contribution in [3.8, 4) is 0 Å². The van der Waals surface area contributed by atoms with Crippen molar-refractivity contribution in [2.45, 2.75) is 31.3 Å². The van der Waals surface area contributed by atoms with Crippen molar-refractivity contribution in [1.82, 2.24) is 9.80 Å². The van der Waals surface area contributed by atoms with Crippen LogP contribution in [0.15, 0.2) is 0 Å². The van der Waals surface area contributed by atoms with E-state index in [1.165, 1.54) is 0 Å². The summed E-state index contributed by atoms with van der Waals surface area (Å²) >= 11 is 0. The number of likely N-dealkylation sites (tertiary alicyclic amines) is 2. The molecule has 1 atom stereocenters. The molecule has 2 aliphatic rings. The van der Waals surface area contributed by atoms with Crippen LogP contribution in [0.2, 0.25) is 0 Å². The summed E-state index contributed by atoms with van der Waals surface area (Å²) in [6.07, 6.45) is 3.22. The Morgan fingerprint density at radius 2 is 1.95 bits per heavy atom. The number of amides is 1. The summed E-state index contributed by atoms with van der Waals surface area (Å²) in [4.78, 5) is 16.4. The molecular weight excluding hydrogens is 258 g/mol. The van der Waals surface area contributed by atoms with Crippen LogP contribution < -0.4 is 5.73 Å². The van der Waals surface area contributed by atoms with Crippen molar-refractivity contribution in [2.75, 3.05) is 53.1 Å². The maximum atomic E-state index is 12.0. The van der Waals surface area contributed by atoms with Crippen molar-refractivity contribution in [3.05, 3.63) is 0 Å². The fraction of sp³-hybridized carbons (Fsp3) is 0.929. The van der Waals surface area contributed by atoms with Crippen LogP contribution in [0.5, 0.6) is 0 Å². The summed E-state index contributed by atoms with van der Waals surface area (Å²) in [5, 5.41) is 0. The van der Waals surface area contributed by atoms with Gasteiger partial charge in [-0.15, -0.1) is 0 Å². The molecule has 6 heteroatoms. The number of methoxy groups -OCH3 is 1. The lowest BCUT2D eigenvalue weighted by Crippen LogP contribution is -2.46. The van der Waals surface area contributed by atoms with Crippen molar-refractivity contribution in [1.29, 1.82) is 0 Å². The van der Waals surface area contributed by atoms with Crippen LogP contribution in [0.1, 0.15) is 19.3 Å². The number of hydrogen-bond acceptors (Lipinski definition) is 5. The van der Waals surface area contributed by atoms with Crippen LogP contribution in [0.3, 0.4) is 0 Å². The minimum absolute atomic E-state index is 0.0947. The molecule has 0 aromatic heterocycles. The molecule has 0 aromatic rings. The van der Waals surface area contributed by atoms with E-state index in [4.69, 9.17) is 15.2 Å². The minimum atomic E-state index is 0.0947. The van der Waals surface area contributed by atoms with E-state index in [1.54, 1.807) is 7.11 Å². The van der Waals surface area contributed by atoms with Crippen LogP contribution in [-0.4, -0.2) is 80.9 Å². The predicted molar refractivity (Wildman–Crippen MR) is 76.5 cm³/mol. The Morgan fingerprint density at radius 1 is 1.20 bits per heavy atom. The van der Waals surface area contributed by atoms with Gasteiger partial charge in [-0.1, -0.05) is 0 Å². The first kappa shape index (κ1) is 15.7. The molecule has 6 nitrogen and oxygen atoms in total. The third-order valence-electron chi connectivity index (χ3n) is 4.26. The SMILES string of the molecule is COCCOCC(=O)N1CCC(N2CCC(N)CC2)C1. The number of carbonyl (C=O) groups is 1. The smallest absolute Gasteiger partial charge is 0.248 e. The highest BCUT2D eigenvalue weighted by molar-refractivity contribution is 5.77. The molecule has 2 N–H and O–H groups in total. The standard InChI is InChI=1S/C14H27N3O3/c1-19-8-9-20-11-14(18)17-7-4-13(10-17)16-5-2-12(15)3-6-16/h12-13H,2-11,15H2,1H3. The van der Waals surface area contributed by atoms with Crippen molar-refractivity contribution >= 4 is 5.91 Å². The van der Waals surface area contributed by atoms with Crippen LogP contribution in [0, 0.1) is 0 Å². The Kier molecular flexibility index (Phi) is 6.22. The third-order valence-corrected chi connectivity index (χ3v) is 4.26. The topological polar surface area (TPSA) is 68.0 Å². The molecule has 1 amide bonds. The van der Waals surface area contributed by atoms with E-state index in [-0.39, 0.29) is 12.5 Å². The lowest BCUT2D eigenvalue weighted by atomic mass is 10.0. The summed E-state index contributed by atoms with van der Waals surface area (Å²) in [7, 11) is 1.63. The number of carbonyl (C=O) groups excluding carboxylic acids is 1. The molecule has 2 fully saturated rings. The molecule has 2 heterocycles. The molecule has 0 saturated carbocycles. The van der Waals surface area contributed by atoms with E-state index in [9.17, 15) is 4.79 Å². The summed E-state index contributed by atoms with van der Waals surface area (Å²) in [5.74, 6) is 0.0947. The third kappa shape index (κ3) is 4.41. The van der Waals surface area contributed by atoms with Crippen LogP contribution in [0.25, 0.3) is 0 Å². The molecule has 2 saturated heterocycles. The molecule has 2 aliphatic heterocycles. The van der Waals surface area contributed by atoms with E-state index in [1.807, 2.05) is 4.90 Å². The van der Waals surface area contributed by atoms with Gasteiger partial charge in [0.1, 0.15) is 6.61 Å². The first-order chi connectivity index (χ1) is 9.70. The predicted octanol–water partition coefficient (Wildman–Crippen LogP) is -0.327. The van der Waals surface area contributed by atoms with Gasteiger partial charge >= 0.3 is 0 Å². The van der Waals surface area contributed by atoms with E-state index < -0.39 is 0 Å². The summed E-state index contributed by atoms with van der Waals surface area (Å²) in [5.41, 5.74) is 5.93. The zero-order chi connectivity index (χ0) is 14.4. The highest BCUT2D eigenvalue weighted by atomic mass is 16.5. The highest BCUT2D eigenvalue weighted by Gasteiger charge is 2.31. The fourth-order valence-corrected chi connectivity index (χ4v) is 2.94. The number of ether oxygens (including phenoxy) is 2. The Morgan fingerprint density at radius 3 is 2.65 bits per heavy atom. The van der Waals surface area contributed by atoms with Crippen LogP contribution in [0.4, 0.5) is 0 Å². The van der Waals surface area contributed by atoms with Gasteiger partial charge in [0.25, 0.3) is 0 Å². The maximum Gasteiger partial charge on any atom is 0.248 e. The summed E-state index contributed by atoms with van der Waals surface area (Å²) in [6.45, 7) is 4.99. The molecule has 2 rings (SSSR count). The van der Waals surface area contributed by atoms with Crippen LogP contribution in [-0.2, 0) is 14.3 Å². The molecule has 20 heavy (non-hydrogen) atoms. The fourth-order valence-electron chi connectivity index (χ4n) is 2.94. The zero-order valence-corrected chi connectivity index (χ0v) is 12.4. The molecule has 1 unspecified atom stereocenters. The van der Waals surface area contributed by atoms with E-state index in [0.29, 0.717) is 25.3 Å². The van der Waals surface area contributed by atoms with Gasteiger partial charge in [0.05, 0.1) is 13.2 Å². The number of nitrogens with two attached hydrogens (primary N) is 1. The summed E-state index contributed by atoms with van der Waals surface area (Å²) in [6, 6.07) is 0.866. The molecule has 0 bridgehead atoms. The van der Waals surface area contributed by atoms with Crippen LogP contribution >= 0.6 is 0 Å². The van der Waals surface area contributed by atoms with E-state index >= 15 is 0 Å². The number of nitrogens with zero attached hydrogens (tertiary/aromatic N) is 2. The monoisotopic (exact) mass is 285 g/mol. The Bertz CT molecular complexity index is 306. The summed E-state index contributed by atoms with van der Waals surface area (Å²) < 4.78 is 10.2. The largest absolute Gasteiger partial charge is 0.382 e. The van der Waals surface area contributed by atoms with Crippen molar-refractivity contribution < 1.29 is 14.3 Å². The molecule has 0 spiro atoms. The number of piperidine rings is 1. The first-order valence-corrected chi connectivity index (χ1v) is 7.54. The average Bonchev–Trinajstić information content (AvgIpc) is 2.94. The van der Waals surface area contributed by atoms with Gasteiger partial charge in [-0.05, 0) is 32.4 Å². The maximum absolute atomic E-state index is 12.0.